The molecule has 1 N–H and O–H groups in total. The molecule has 0 aromatic heterocycles. The number of methoxy groups -OCH3 is 2. The number of nitrogens with zero attached hydrogens (tertiary/aromatic N) is 1. The van der Waals surface area contributed by atoms with Gasteiger partial charge in [0.1, 0.15) is 0 Å². The Kier molecular flexibility index (Phi) is 7.30. The SMILES string of the molecule is CCOc1ccc(/C=N\NC(=O)COc2ccccc2OC)cc1OC. The number of carbonyl (C=O) groups is 1. The molecule has 0 heterocycles. The number of amides is 1. The van der Waals surface area contributed by atoms with E-state index >= 15 is 0 Å². The standard InChI is InChI=1S/C19H22N2O5/c1-4-25-17-10-9-14(11-18(17)24-3)12-20-21-19(22)13-26-16-8-6-5-7-15(16)23-2/h5-12H,4,13H2,1-3H3,(H,21,22)/b20-12-. The molecule has 0 spiro atoms. The molecule has 2 aromatic carbocycles. The molecule has 0 bridgehead atoms. The van der Waals surface area contributed by atoms with Gasteiger partial charge in [0.2, 0.25) is 0 Å². The van der Waals surface area contributed by atoms with Gasteiger partial charge in [-0.05, 0) is 42.8 Å². The number of carbonyl (C=O) groups excluding carboxylic acids is 1. The predicted octanol–water partition coefficient (Wildman–Crippen LogP) is 2.63. The molecule has 0 unspecified atom stereocenters. The van der Waals surface area contributed by atoms with E-state index < -0.39 is 0 Å². The lowest BCUT2D eigenvalue weighted by molar-refractivity contribution is -0.123. The fourth-order valence-electron chi connectivity index (χ4n) is 2.13. The Morgan fingerprint density at radius 3 is 2.38 bits per heavy atom. The Hall–Kier alpha value is -3.22. The van der Waals surface area contributed by atoms with Crippen molar-refractivity contribution in [3.05, 3.63) is 48.0 Å². The number of hydrazone groups is 1. The van der Waals surface area contributed by atoms with Crippen LogP contribution in [0.1, 0.15) is 12.5 Å². The van der Waals surface area contributed by atoms with Crippen LogP contribution in [0.4, 0.5) is 0 Å². The molecule has 0 aliphatic carbocycles. The van der Waals surface area contributed by atoms with Crippen LogP contribution in [-0.4, -0.2) is 39.6 Å². The summed E-state index contributed by atoms with van der Waals surface area (Å²) >= 11 is 0. The first-order chi connectivity index (χ1) is 12.7. The number of nitrogens with one attached hydrogen (secondary N) is 1. The summed E-state index contributed by atoms with van der Waals surface area (Å²) in [6.45, 7) is 2.27. The van der Waals surface area contributed by atoms with Crippen LogP contribution in [0.3, 0.4) is 0 Å². The Morgan fingerprint density at radius 2 is 1.69 bits per heavy atom. The van der Waals surface area contributed by atoms with Crippen LogP contribution in [0.5, 0.6) is 23.0 Å². The number of benzene rings is 2. The molecule has 2 aromatic rings. The van der Waals surface area contributed by atoms with E-state index in [2.05, 4.69) is 10.5 Å². The van der Waals surface area contributed by atoms with E-state index in [0.29, 0.717) is 29.6 Å². The molecular formula is C19H22N2O5. The molecule has 1 amide bonds. The topological polar surface area (TPSA) is 78.4 Å². The second kappa shape index (κ2) is 9.93. The molecule has 0 saturated carbocycles. The number of hydrogen-bond acceptors (Lipinski definition) is 6. The minimum absolute atomic E-state index is 0.176. The van der Waals surface area contributed by atoms with E-state index in [9.17, 15) is 4.79 Å². The summed E-state index contributed by atoms with van der Waals surface area (Å²) in [4.78, 5) is 11.8. The zero-order chi connectivity index (χ0) is 18.8. The van der Waals surface area contributed by atoms with Gasteiger partial charge in [0.25, 0.3) is 5.91 Å². The van der Waals surface area contributed by atoms with Gasteiger partial charge in [-0.15, -0.1) is 0 Å². The molecule has 0 fully saturated rings. The highest BCUT2D eigenvalue weighted by Crippen LogP contribution is 2.27. The summed E-state index contributed by atoms with van der Waals surface area (Å²) in [5.74, 6) is 1.92. The molecule has 7 heteroatoms. The highest BCUT2D eigenvalue weighted by Gasteiger charge is 2.06. The lowest BCUT2D eigenvalue weighted by Crippen LogP contribution is -2.24. The van der Waals surface area contributed by atoms with Crippen LogP contribution in [0.2, 0.25) is 0 Å². The van der Waals surface area contributed by atoms with Crippen molar-refractivity contribution >= 4 is 12.1 Å². The third-order valence-electron chi connectivity index (χ3n) is 3.32. The highest BCUT2D eigenvalue weighted by atomic mass is 16.5. The largest absolute Gasteiger partial charge is 0.493 e. The van der Waals surface area contributed by atoms with E-state index in [1.165, 1.54) is 13.3 Å². The predicted molar refractivity (Wildman–Crippen MR) is 98.4 cm³/mol. The first-order valence-electron chi connectivity index (χ1n) is 8.06. The van der Waals surface area contributed by atoms with Crippen LogP contribution >= 0.6 is 0 Å². The molecule has 26 heavy (non-hydrogen) atoms. The average Bonchev–Trinajstić information content (AvgIpc) is 2.67. The van der Waals surface area contributed by atoms with E-state index in [0.717, 1.165) is 5.56 Å². The van der Waals surface area contributed by atoms with E-state index in [-0.39, 0.29) is 12.5 Å². The van der Waals surface area contributed by atoms with Gasteiger partial charge in [-0.25, -0.2) is 5.43 Å². The van der Waals surface area contributed by atoms with E-state index in [4.69, 9.17) is 18.9 Å². The van der Waals surface area contributed by atoms with Gasteiger partial charge in [0.15, 0.2) is 29.6 Å². The fraction of sp³-hybridized carbons (Fsp3) is 0.263. The third kappa shape index (κ3) is 5.41. The number of hydrogen-bond donors (Lipinski definition) is 1. The van der Waals surface area contributed by atoms with Crippen molar-refractivity contribution < 1.29 is 23.7 Å². The summed E-state index contributed by atoms with van der Waals surface area (Å²) in [6, 6.07) is 12.5. The zero-order valence-corrected chi connectivity index (χ0v) is 15.0. The minimum atomic E-state index is -0.384. The fourth-order valence-corrected chi connectivity index (χ4v) is 2.13. The molecule has 0 aliphatic rings. The molecule has 138 valence electrons. The van der Waals surface area contributed by atoms with Gasteiger partial charge < -0.3 is 18.9 Å². The lowest BCUT2D eigenvalue weighted by atomic mass is 10.2. The van der Waals surface area contributed by atoms with Gasteiger partial charge in [0, 0.05) is 0 Å². The third-order valence-corrected chi connectivity index (χ3v) is 3.32. The van der Waals surface area contributed by atoms with Crippen molar-refractivity contribution in [3.8, 4) is 23.0 Å². The maximum Gasteiger partial charge on any atom is 0.277 e. The minimum Gasteiger partial charge on any atom is -0.493 e. The Balaban J connectivity index is 1.88. The summed E-state index contributed by atoms with van der Waals surface area (Å²) < 4.78 is 21.3. The Morgan fingerprint density at radius 1 is 1.00 bits per heavy atom. The van der Waals surface area contributed by atoms with Gasteiger partial charge in [-0.2, -0.15) is 5.10 Å². The Labute approximate surface area is 152 Å². The summed E-state index contributed by atoms with van der Waals surface area (Å²) in [6.07, 6.45) is 1.51. The average molecular weight is 358 g/mol. The molecule has 7 nitrogen and oxygen atoms in total. The van der Waals surface area contributed by atoms with Gasteiger partial charge in [-0.1, -0.05) is 12.1 Å². The summed E-state index contributed by atoms with van der Waals surface area (Å²) in [5, 5.41) is 3.92. The van der Waals surface area contributed by atoms with Crippen LogP contribution in [0.25, 0.3) is 0 Å². The van der Waals surface area contributed by atoms with Crippen LogP contribution in [0, 0.1) is 0 Å². The number of rotatable bonds is 9. The smallest absolute Gasteiger partial charge is 0.277 e. The summed E-state index contributed by atoms with van der Waals surface area (Å²) in [7, 11) is 3.10. The van der Waals surface area contributed by atoms with Crippen LogP contribution in [-0.2, 0) is 4.79 Å². The second-order valence-electron chi connectivity index (χ2n) is 5.08. The maximum atomic E-state index is 11.8. The van der Waals surface area contributed by atoms with Crippen molar-refractivity contribution in [2.45, 2.75) is 6.92 Å². The van der Waals surface area contributed by atoms with E-state index in [1.54, 1.807) is 37.4 Å². The second-order valence-corrected chi connectivity index (χ2v) is 5.08. The molecular weight excluding hydrogens is 336 g/mol. The van der Waals surface area contributed by atoms with Gasteiger partial charge in [0.05, 0.1) is 27.0 Å². The maximum absolute atomic E-state index is 11.8. The van der Waals surface area contributed by atoms with Crippen molar-refractivity contribution in [2.24, 2.45) is 5.10 Å². The van der Waals surface area contributed by atoms with Crippen molar-refractivity contribution in [2.75, 3.05) is 27.4 Å². The summed E-state index contributed by atoms with van der Waals surface area (Å²) in [5.41, 5.74) is 3.17. The van der Waals surface area contributed by atoms with Crippen molar-refractivity contribution in [1.82, 2.24) is 5.43 Å². The molecule has 0 atom stereocenters. The van der Waals surface area contributed by atoms with E-state index in [1.807, 2.05) is 19.1 Å². The lowest BCUT2D eigenvalue weighted by Gasteiger charge is -2.09. The van der Waals surface area contributed by atoms with Gasteiger partial charge in [-0.3, -0.25) is 4.79 Å². The monoisotopic (exact) mass is 358 g/mol. The normalized spacial score (nSPS) is 10.4. The van der Waals surface area contributed by atoms with Crippen LogP contribution < -0.4 is 24.4 Å². The number of ether oxygens (including phenoxy) is 4. The molecule has 0 radical (unpaired) electrons. The van der Waals surface area contributed by atoms with Gasteiger partial charge >= 0.3 is 0 Å². The quantitative estimate of drug-likeness (QED) is 0.551. The van der Waals surface area contributed by atoms with Crippen molar-refractivity contribution in [3.63, 3.8) is 0 Å². The first-order valence-corrected chi connectivity index (χ1v) is 8.06. The molecule has 2 rings (SSSR count). The Bertz CT molecular complexity index is 761. The molecule has 0 saturated heterocycles. The highest BCUT2D eigenvalue weighted by molar-refractivity contribution is 5.83. The number of para-hydroxylation sites is 2. The van der Waals surface area contributed by atoms with Crippen molar-refractivity contribution in [1.29, 1.82) is 0 Å². The molecule has 0 aliphatic heterocycles. The van der Waals surface area contributed by atoms with Crippen LogP contribution in [0.15, 0.2) is 47.6 Å². The first kappa shape index (κ1) is 19.1. The zero-order valence-electron chi connectivity index (χ0n) is 15.0.